The van der Waals surface area contributed by atoms with Crippen molar-refractivity contribution >= 4 is 0 Å². The smallest absolute Gasteiger partial charge is 0.0955 e. The van der Waals surface area contributed by atoms with Crippen molar-refractivity contribution in [1.29, 1.82) is 0 Å². The number of hydrogen-bond acceptors (Lipinski definition) is 1. The van der Waals surface area contributed by atoms with Crippen LogP contribution in [0, 0.1) is 0 Å². The molecule has 0 aromatic heterocycles. The fourth-order valence-electron chi connectivity index (χ4n) is 3.34. The van der Waals surface area contributed by atoms with Crippen LogP contribution in [0.15, 0.2) is 0 Å². The molecule has 0 aromatic rings. The molecule has 0 aliphatic heterocycles. The van der Waals surface area contributed by atoms with Crippen LogP contribution in [0.5, 0.6) is 0 Å². The van der Waals surface area contributed by atoms with E-state index in [1.165, 1.54) is 109 Å². The number of rotatable bonds is 18. The molecule has 2 heteroatoms. The summed E-state index contributed by atoms with van der Waals surface area (Å²) in [5.74, 6) is 0. The largest absolute Gasteiger partial charge is 0.251 e. The Labute approximate surface area is 148 Å². The van der Waals surface area contributed by atoms with E-state index >= 15 is 0 Å². The third kappa shape index (κ3) is 18.1. The molecule has 1 N–H and O–H groups in total. The highest BCUT2D eigenvalue weighted by molar-refractivity contribution is 4.49. The topological polar surface area (TPSA) is 12.0 Å². The number of hydrogen-bond donors (Lipinski definition) is 1. The highest BCUT2D eigenvalue weighted by atomic mass is 15.6. The Hall–Kier alpha value is -0.0800. The Bertz CT molecular complexity index is 226. The number of unbranched alkanes of at least 4 members (excludes halogenated alkanes) is 13. The second-order valence-corrected chi connectivity index (χ2v) is 7.91. The van der Waals surface area contributed by atoms with Crippen LogP contribution in [0.1, 0.15) is 110 Å². The summed E-state index contributed by atoms with van der Waals surface area (Å²) < 4.78 is 0.967. The van der Waals surface area contributed by atoms with Crippen molar-refractivity contribution in [3.63, 3.8) is 0 Å². The molecule has 0 fully saturated rings. The van der Waals surface area contributed by atoms with Crippen LogP contribution in [0.4, 0.5) is 0 Å². The maximum atomic E-state index is 3.64. The summed E-state index contributed by atoms with van der Waals surface area (Å²) in [5, 5.41) is 0. The van der Waals surface area contributed by atoms with Gasteiger partial charge in [-0.05, 0) is 12.8 Å². The first-order valence-corrected chi connectivity index (χ1v) is 10.7. The molecule has 0 aliphatic carbocycles. The SMILES string of the molecule is CCCCCCCCCCCCCCCCN[N+](C)(C)CCC. The lowest BCUT2D eigenvalue weighted by molar-refractivity contribution is -0.934. The molecule has 2 nitrogen and oxygen atoms in total. The van der Waals surface area contributed by atoms with Crippen molar-refractivity contribution in [2.75, 3.05) is 27.2 Å². The highest BCUT2D eigenvalue weighted by Crippen LogP contribution is 2.12. The van der Waals surface area contributed by atoms with Gasteiger partial charge in [-0.1, -0.05) is 97.3 Å². The third-order valence-electron chi connectivity index (χ3n) is 4.85. The van der Waals surface area contributed by atoms with E-state index in [4.69, 9.17) is 0 Å². The average molecular weight is 328 g/mol. The Morgan fingerprint density at radius 2 is 0.913 bits per heavy atom. The number of nitrogens with one attached hydrogen (secondary N) is 1. The first kappa shape index (κ1) is 22.9. The maximum absolute atomic E-state index is 3.64. The van der Waals surface area contributed by atoms with Crippen LogP contribution in [-0.4, -0.2) is 31.8 Å². The fourth-order valence-corrected chi connectivity index (χ4v) is 3.34. The highest BCUT2D eigenvalue weighted by Gasteiger charge is 2.11. The van der Waals surface area contributed by atoms with Crippen LogP contribution in [0.3, 0.4) is 0 Å². The van der Waals surface area contributed by atoms with E-state index in [1.807, 2.05) is 0 Å². The minimum absolute atomic E-state index is 0.967. The van der Waals surface area contributed by atoms with E-state index < -0.39 is 0 Å². The quantitative estimate of drug-likeness (QED) is 0.173. The summed E-state index contributed by atoms with van der Waals surface area (Å²) in [6.45, 7) is 6.95. The van der Waals surface area contributed by atoms with E-state index in [2.05, 4.69) is 33.4 Å². The maximum Gasteiger partial charge on any atom is 0.0955 e. The zero-order valence-electron chi connectivity index (χ0n) is 17.0. The van der Waals surface area contributed by atoms with Gasteiger partial charge in [-0.2, -0.15) is 5.43 Å². The monoisotopic (exact) mass is 327 g/mol. The number of nitrogens with zero attached hydrogens (tertiary/aromatic N) is 1. The van der Waals surface area contributed by atoms with E-state index in [0.717, 1.165) is 4.59 Å². The van der Waals surface area contributed by atoms with Gasteiger partial charge < -0.3 is 0 Å². The molecule has 0 unspecified atom stereocenters. The van der Waals surface area contributed by atoms with Gasteiger partial charge in [0.2, 0.25) is 0 Å². The summed E-state index contributed by atoms with van der Waals surface area (Å²) in [6.07, 6.45) is 21.4. The van der Waals surface area contributed by atoms with Crippen molar-refractivity contribution in [1.82, 2.24) is 5.43 Å². The van der Waals surface area contributed by atoms with Crippen molar-refractivity contribution in [3.05, 3.63) is 0 Å². The van der Waals surface area contributed by atoms with Crippen LogP contribution in [0.2, 0.25) is 0 Å². The predicted octanol–water partition coefficient (Wildman–Crippen LogP) is 6.46. The third-order valence-corrected chi connectivity index (χ3v) is 4.85. The van der Waals surface area contributed by atoms with Gasteiger partial charge in [0, 0.05) is 6.54 Å². The molecule has 140 valence electrons. The van der Waals surface area contributed by atoms with Crippen LogP contribution in [0.25, 0.3) is 0 Å². The lowest BCUT2D eigenvalue weighted by Crippen LogP contribution is -2.52. The Kier molecular flexibility index (Phi) is 16.7. The molecule has 23 heavy (non-hydrogen) atoms. The van der Waals surface area contributed by atoms with Crippen molar-refractivity contribution < 1.29 is 4.59 Å². The van der Waals surface area contributed by atoms with Crippen LogP contribution in [-0.2, 0) is 0 Å². The molecule has 0 bridgehead atoms. The molecule has 0 spiro atoms. The predicted molar refractivity (Wildman–Crippen MR) is 106 cm³/mol. The van der Waals surface area contributed by atoms with Gasteiger partial charge in [0.15, 0.2) is 0 Å². The van der Waals surface area contributed by atoms with E-state index in [0.29, 0.717) is 0 Å². The first-order chi connectivity index (χ1) is 11.1. The first-order valence-electron chi connectivity index (χ1n) is 10.7. The van der Waals surface area contributed by atoms with Crippen molar-refractivity contribution in [3.8, 4) is 0 Å². The Morgan fingerprint density at radius 3 is 1.30 bits per heavy atom. The second kappa shape index (κ2) is 16.8. The summed E-state index contributed by atoms with van der Waals surface area (Å²) in [4.78, 5) is 0. The summed E-state index contributed by atoms with van der Waals surface area (Å²) in [7, 11) is 4.54. The average Bonchev–Trinajstić information content (AvgIpc) is 2.51. The van der Waals surface area contributed by atoms with Gasteiger partial charge >= 0.3 is 0 Å². The zero-order chi connectivity index (χ0) is 17.2. The normalized spacial score (nSPS) is 12.0. The fraction of sp³-hybridized carbons (Fsp3) is 1.00. The van der Waals surface area contributed by atoms with Crippen LogP contribution >= 0.6 is 0 Å². The molecular formula is C21H47N2+. The second-order valence-electron chi connectivity index (χ2n) is 7.91. The lowest BCUT2D eigenvalue weighted by atomic mass is 10.0. The molecule has 0 rings (SSSR count). The van der Waals surface area contributed by atoms with Crippen molar-refractivity contribution in [2.45, 2.75) is 110 Å². The van der Waals surface area contributed by atoms with E-state index in [9.17, 15) is 0 Å². The van der Waals surface area contributed by atoms with Gasteiger partial charge in [-0.25, -0.2) is 0 Å². The molecule has 0 atom stereocenters. The minimum Gasteiger partial charge on any atom is -0.251 e. The molecule has 0 aliphatic rings. The van der Waals surface area contributed by atoms with Gasteiger partial charge in [0.1, 0.15) is 0 Å². The Balaban J connectivity index is 3.11. The summed E-state index contributed by atoms with van der Waals surface area (Å²) in [5.41, 5.74) is 3.64. The molecule has 0 radical (unpaired) electrons. The minimum atomic E-state index is 0.967. The molecule has 0 saturated heterocycles. The van der Waals surface area contributed by atoms with Gasteiger partial charge in [-0.3, -0.25) is 4.59 Å². The van der Waals surface area contributed by atoms with Crippen molar-refractivity contribution in [2.24, 2.45) is 0 Å². The van der Waals surface area contributed by atoms with Gasteiger partial charge in [0.25, 0.3) is 0 Å². The summed E-state index contributed by atoms with van der Waals surface area (Å²) >= 11 is 0. The molecular weight excluding hydrogens is 280 g/mol. The van der Waals surface area contributed by atoms with Gasteiger partial charge in [-0.15, -0.1) is 0 Å². The molecule has 0 amide bonds. The molecule has 0 aromatic carbocycles. The standard InChI is InChI=1S/C21H47N2/c1-5-7-8-9-10-11-12-13-14-15-16-17-18-19-20-22-23(3,4)21-6-2/h22H,5-21H2,1-4H3/q+1. The van der Waals surface area contributed by atoms with Crippen LogP contribution < -0.4 is 5.43 Å². The molecule has 0 saturated carbocycles. The Morgan fingerprint density at radius 1 is 0.522 bits per heavy atom. The molecule has 0 heterocycles. The zero-order valence-corrected chi connectivity index (χ0v) is 17.0. The lowest BCUT2D eigenvalue weighted by Gasteiger charge is -2.29. The number of quaternary nitrogens is 1. The summed E-state index contributed by atoms with van der Waals surface area (Å²) in [6, 6.07) is 0. The van der Waals surface area contributed by atoms with E-state index in [-0.39, 0.29) is 0 Å². The van der Waals surface area contributed by atoms with E-state index in [1.54, 1.807) is 0 Å². The van der Waals surface area contributed by atoms with Gasteiger partial charge in [0.05, 0.1) is 20.6 Å².